The van der Waals surface area contributed by atoms with Gasteiger partial charge in [-0.25, -0.2) is 13.1 Å². The van der Waals surface area contributed by atoms with Crippen molar-refractivity contribution in [1.82, 2.24) is 4.72 Å². The molecule has 26 heavy (non-hydrogen) atoms. The molecule has 0 saturated heterocycles. The van der Waals surface area contributed by atoms with E-state index in [0.717, 1.165) is 0 Å². The van der Waals surface area contributed by atoms with Gasteiger partial charge in [-0.2, -0.15) is 0 Å². The molecule has 0 saturated carbocycles. The van der Waals surface area contributed by atoms with Crippen molar-refractivity contribution in [2.75, 3.05) is 5.32 Å². The van der Waals surface area contributed by atoms with Gasteiger partial charge in [-0.1, -0.05) is 39.0 Å². The first kappa shape index (κ1) is 20.1. The van der Waals surface area contributed by atoms with Gasteiger partial charge >= 0.3 is 0 Å². The Morgan fingerprint density at radius 3 is 2.15 bits per heavy atom. The van der Waals surface area contributed by atoms with Crippen molar-refractivity contribution in [1.29, 1.82) is 0 Å². The summed E-state index contributed by atoms with van der Waals surface area (Å²) in [7, 11) is -3.64. The van der Waals surface area contributed by atoms with Crippen LogP contribution in [-0.4, -0.2) is 20.4 Å². The Kier molecular flexibility index (Phi) is 5.88. The number of nitrogens with one attached hydrogen (secondary N) is 2. The second kappa shape index (κ2) is 7.60. The lowest BCUT2D eigenvalue weighted by Gasteiger charge is -2.19. The summed E-state index contributed by atoms with van der Waals surface area (Å²) in [6.07, 6.45) is 0. The Hall–Kier alpha value is -2.18. The third-order valence-electron chi connectivity index (χ3n) is 3.81. The molecule has 1 amide bonds. The molecule has 6 heteroatoms. The molecule has 2 rings (SSSR count). The Labute approximate surface area is 155 Å². The van der Waals surface area contributed by atoms with Gasteiger partial charge in [0.1, 0.15) is 0 Å². The number of carbonyl (C=O) groups excluding carboxylic acids is 1. The van der Waals surface area contributed by atoms with Gasteiger partial charge in [0.05, 0.1) is 4.90 Å². The van der Waals surface area contributed by atoms with Crippen molar-refractivity contribution in [2.24, 2.45) is 0 Å². The summed E-state index contributed by atoms with van der Waals surface area (Å²) in [6.45, 7) is 9.86. The van der Waals surface area contributed by atoms with Crippen molar-refractivity contribution < 1.29 is 13.2 Å². The fourth-order valence-corrected chi connectivity index (χ4v) is 3.74. The van der Waals surface area contributed by atoms with Crippen molar-refractivity contribution in [3.05, 3.63) is 59.7 Å². The summed E-state index contributed by atoms with van der Waals surface area (Å²) in [5.74, 6) is -0.352. The summed E-state index contributed by atoms with van der Waals surface area (Å²) in [4.78, 5) is 12.5. The molecule has 0 unspecified atom stereocenters. The first-order valence-corrected chi connectivity index (χ1v) is 10.0. The van der Waals surface area contributed by atoms with Gasteiger partial charge in [-0.3, -0.25) is 4.79 Å². The van der Waals surface area contributed by atoms with E-state index in [-0.39, 0.29) is 27.8 Å². The highest BCUT2D eigenvalue weighted by Gasteiger charge is 2.18. The Balaban J connectivity index is 2.19. The Morgan fingerprint density at radius 2 is 1.62 bits per heavy atom. The number of hydrogen-bond donors (Lipinski definition) is 2. The lowest BCUT2D eigenvalue weighted by atomic mass is 9.87. The monoisotopic (exact) mass is 374 g/mol. The predicted octanol–water partition coefficient (Wildman–Crippen LogP) is 3.92. The minimum absolute atomic E-state index is 0.0364. The number of hydrogen-bond acceptors (Lipinski definition) is 3. The van der Waals surface area contributed by atoms with Crippen LogP contribution < -0.4 is 10.0 Å². The number of sulfonamides is 1. The molecule has 0 atom stereocenters. The molecule has 0 aliphatic heterocycles. The van der Waals surface area contributed by atoms with Crippen molar-refractivity contribution in [3.63, 3.8) is 0 Å². The van der Waals surface area contributed by atoms with Crippen LogP contribution in [0.15, 0.2) is 53.4 Å². The molecule has 0 spiro atoms. The molecule has 0 radical (unpaired) electrons. The van der Waals surface area contributed by atoms with Crippen LogP contribution in [0.2, 0.25) is 0 Å². The summed E-state index contributed by atoms with van der Waals surface area (Å²) in [5, 5.41) is 2.80. The molecule has 0 heterocycles. The minimum Gasteiger partial charge on any atom is -0.322 e. The van der Waals surface area contributed by atoms with Crippen LogP contribution >= 0.6 is 0 Å². The second-order valence-corrected chi connectivity index (χ2v) is 9.30. The molecule has 0 fully saturated rings. The van der Waals surface area contributed by atoms with Gasteiger partial charge in [-0.05, 0) is 55.2 Å². The highest BCUT2D eigenvalue weighted by Crippen LogP contribution is 2.23. The highest BCUT2D eigenvalue weighted by molar-refractivity contribution is 7.89. The standard InChI is InChI=1S/C20H26N2O3S/c1-14(2)22-26(24,25)18-8-6-7-15(13-18)19(23)21-17-11-9-16(10-12-17)20(3,4)5/h6-14,22H,1-5H3,(H,21,23). The van der Waals surface area contributed by atoms with E-state index in [4.69, 9.17) is 0 Å². The maximum absolute atomic E-state index is 12.5. The largest absolute Gasteiger partial charge is 0.322 e. The normalized spacial score (nSPS) is 12.2. The SMILES string of the molecule is CC(C)NS(=O)(=O)c1cccc(C(=O)Nc2ccc(C(C)(C)C)cc2)c1. The van der Waals surface area contributed by atoms with Crippen LogP contribution in [0, 0.1) is 0 Å². The lowest BCUT2D eigenvalue weighted by Crippen LogP contribution is -2.30. The van der Waals surface area contributed by atoms with Gasteiger partial charge < -0.3 is 5.32 Å². The second-order valence-electron chi connectivity index (χ2n) is 7.59. The molecule has 2 aromatic carbocycles. The zero-order chi connectivity index (χ0) is 19.5. The predicted molar refractivity (Wildman–Crippen MR) is 105 cm³/mol. The van der Waals surface area contributed by atoms with E-state index >= 15 is 0 Å². The van der Waals surface area contributed by atoms with Crippen LogP contribution in [0.4, 0.5) is 5.69 Å². The van der Waals surface area contributed by atoms with E-state index in [1.54, 1.807) is 26.0 Å². The summed E-state index contributed by atoms with van der Waals surface area (Å²) >= 11 is 0. The van der Waals surface area contributed by atoms with Crippen LogP contribution in [0.5, 0.6) is 0 Å². The Morgan fingerprint density at radius 1 is 1.00 bits per heavy atom. The third kappa shape index (κ3) is 5.16. The van der Waals surface area contributed by atoms with E-state index < -0.39 is 10.0 Å². The highest BCUT2D eigenvalue weighted by atomic mass is 32.2. The van der Waals surface area contributed by atoms with Crippen LogP contribution in [0.1, 0.15) is 50.5 Å². The van der Waals surface area contributed by atoms with E-state index in [2.05, 4.69) is 30.8 Å². The van der Waals surface area contributed by atoms with Gasteiger partial charge in [0.25, 0.3) is 5.91 Å². The molecule has 0 aliphatic carbocycles. The van der Waals surface area contributed by atoms with Crippen molar-refractivity contribution in [3.8, 4) is 0 Å². The zero-order valence-electron chi connectivity index (χ0n) is 15.8. The smallest absolute Gasteiger partial charge is 0.255 e. The van der Waals surface area contributed by atoms with Gasteiger partial charge in [-0.15, -0.1) is 0 Å². The van der Waals surface area contributed by atoms with E-state index in [9.17, 15) is 13.2 Å². The number of carbonyl (C=O) groups is 1. The van der Waals surface area contributed by atoms with Gasteiger partial charge in [0.15, 0.2) is 0 Å². The molecule has 2 aromatic rings. The molecule has 5 nitrogen and oxygen atoms in total. The van der Waals surface area contributed by atoms with Crippen LogP contribution in [0.3, 0.4) is 0 Å². The first-order chi connectivity index (χ1) is 12.0. The fraction of sp³-hybridized carbons (Fsp3) is 0.350. The maximum atomic E-state index is 12.5. The van der Waals surface area contributed by atoms with Crippen molar-refractivity contribution >= 4 is 21.6 Å². The van der Waals surface area contributed by atoms with Gasteiger partial charge in [0.2, 0.25) is 10.0 Å². The maximum Gasteiger partial charge on any atom is 0.255 e. The Bertz CT molecular complexity index is 880. The zero-order valence-corrected chi connectivity index (χ0v) is 16.6. The van der Waals surface area contributed by atoms with E-state index in [0.29, 0.717) is 5.69 Å². The topological polar surface area (TPSA) is 75.3 Å². The molecular weight excluding hydrogens is 348 g/mol. The average Bonchev–Trinajstić information content (AvgIpc) is 2.53. The number of amides is 1. The summed E-state index contributed by atoms with van der Waals surface area (Å²) in [5.41, 5.74) is 2.16. The molecule has 0 aliphatic rings. The lowest BCUT2D eigenvalue weighted by molar-refractivity contribution is 0.102. The number of rotatable bonds is 5. The third-order valence-corrected chi connectivity index (χ3v) is 5.46. The van der Waals surface area contributed by atoms with Gasteiger partial charge in [0, 0.05) is 17.3 Å². The quantitative estimate of drug-likeness (QED) is 0.833. The minimum atomic E-state index is -3.64. The average molecular weight is 375 g/mol. The fourth-order valence-electron chi connectivity index (χ4n) is 2.44. The molecule has 2 N–H and O–H groups in total. The number of benzene rings is 2. The number of anilines is 1. The van der Waals surface area contributed by atoms with E-state index in [1.807, 2.05) is 24.3 Å². The molecule has 140 valence electrons. The van der Waals surface area contributed by atoms with E-state index in [1.165, 1.54) is 17.7 Å². The van der Waals surface area contributed by atoms with Crippen LogP contribution in [0.25, 0.3) is 0 Å². The molecule has 0 bridgehead atoms. The van der Waals surface area contributed by atoms with Crippen molar-refractivity contribution in [2.45, 2.75) is 51.0 Å². The summed E-state index contributed by atoms with van der Waals surface area (Å²) < 4.78 is 27.0. The summed E-state index contributed by atoms with van der Waals surface area (Å²) in [6, 6.07) is 13.4. The first-order valence-electron chi connectivity index (χ1n) is 8.53. The molecule has 0 aromatic heterocycles. The van der Waals surface area contributed by atoms with Crippen LogP contribution in [-0.2, 0) is 15.4 Å². The molecular formula is C20H26N2O3S.